The van der Waals surface area contributed by atoms with Gasteiger partial charge in [0.15, 0.2) is 28.4 Å². The van der Waals surface area contributed by atoms with E-state index < -0.39 is 11.6 Å². The highest BCUT2D eigenvalue weighted by atomic mass is 19.2. The van der Waals surface area contributed by atoms with Gasteiger partial charge in [-0.15, -0.1) is 0 Å². The van der Waals surface area contributed by atoms with E-state index in [4.69, 9.17) is 9.15 Å². The van der Waals surface area contributed by atoms with E-state index in [0.717, 1.165) is 12.1 Å². The van der Waals surface area contributed by atoms with Crippen molar-refractivity contribution < 1.29 is 23.0 Å². The van der Waals surface area contributed by atoms with Gasteiger partial charge in [0.2, 0.25) is 5.75 Å². The Labute approximate surface area is 123 Å². The highest BCUT2D eigenvalue weighted by molar-refractivity contribution is 5.86. The van der Waals surface area contributed by atoms with E-state index in [1.54, 1.807) is 0 Å². The molecule has 0 spiro atoms. The SMILES string of the molecule is COc1c(O)ccc2c(=O)cc(-c3ccc(F)c(F)c3)oc12. The molecule has 0 amide bonds. The molecule has 6 heteroatoms. The molecule has 3 aromatic rings. The number of hydrogen-bond acceptors (Lipinski definition) is 4. The van der Waals surface area contributed by atoms with Crippen LogP contribution in [-0.4, -0.2) is 12.2 Å². The van der Waals surface area contributed by atoms with Crippen LogP contribution in [0.1, 0.15) is 0 Å². The summed E-state index contributed by atoms with van der Waals surface area (Å²) < 4.78 is 36.9. The Morgan fingerprint density at radius 3 is 2.55 bits per heavy atom. The number of methoxy groups -OCH3 is 1. The Kier molecular flexibility index (Phi) is 3.29. The van der Waals surface area contributed by atoms with Gasteiger partial charge in [-0.05, 0) is 30.3 Å². The lowest BCUT2D eigenvalue weighted by molar-refractivity contribution is 0.371. The van der Waals surface area contributed by atoms with Crippen molar-refractivity contribution >= 4 is 11.0 Å². The van der Waals surface area contributed by atoms with Gasteiger partial charge in [-0.3, -0.25) is 4.79 Å². The summed E-state index contributed by atoms with van der Waals surface area (Å²) in [5.74, 6) is -2.20. The van der Waals surface area contributed by atoms with Crippen LogP contribution < -0.4 is 10.2 Å². The standard InChI is InChI=1S/C16H10F2O4/c1-21-16-12(19)5-3-9-13(20)7-14(22-15(9)16)8-2-4-10(17)11(18)6-8/h2-7,19H,1H3. The first kappa shape index (κ1) is 14.1. The molecule has 1 N–H and O–H groups in total. The smallest absolute Gasteiger partial charge is 0.204 e. The highest BCUT2D eigenvalue weighted by Gasteiger charge is 2.15. The molecule has 0 fully saturated rings. The minimum Gasteiger partial charge on any atom is -0.504 e. The average Bonchev–Trinajstić information content (AvgIpc) is 2.49. The summed E-state index contributed by atoms with van der Waals surface area (Å²) in [7, 11) is 1.32. The van der Waals surface area contributed by atoms with Crippen LogP contribution in [0, 0.1) is 11.6 Å². The number of halogens is 2. The molecule has 1 heterocycles. The number of benzene rings is 2. The maximum Gasteiger partial charge on any atom is 0.204 e. The molecule has 0 radical (unpaired) electrons. The van der Waals surface area contributed by atoms with Crippen molar-refractivity contribution in [2.45, 2.75) is 0 Å². The minimum atomic E-state index is -1.05. The molecule has 4 nitrogen and oxygen atoms in total. The Balaban J connectivity index is 2.32. The Bertz CT molecular complexity index is 931. The summed E-state index contributed by atoms with van der Waals surface area (Å²) in [6.07, 6.45) is 0. The van der Waals surface area contributed by atoms with E-state index in [1.165, 1.54) is 31.4 Å². The highest BCUT2D eigenvalue weighted by Crippen LogP contribution is 2.35. The zero-order valence-electron chi connectivity index (χ0n) is 11.4. The molecular weight excluding hydrogens is 294 g/mol. The second kappa shape index (κ2) is 5.14. The number of fused-ring (bicyclic) bond motifs is 1. The second-order valence-electron chi connectivity index (χ2n) is 4.60. The average molecular weight is 304 g/mol. The molecule has 112 valence electrons. The normalized spacial score (nSPS) is 10.9. The van der Waals surface area contributed by atoms with Gasteiger partial charge in [-0.25, -0.2) is 8.78 Å². The molecule has 0 saturated heterocycles. The first-order valence-corrected chi connectivity index (χ1v) is 6.30. The van der Waals surface area contributed by atoms with E-state index in [0.29, 0.717) is 0 Å². The van der Waals surface area contributed by atoms with Crippen molar-refractivity contribution in [2.24, 2.45) is 0 Å². The first-order valence-electron chi connectivity index (χ1n) is 6.30. The van der Waals surface area contributed by atoms with Crippen LogP contribution in [0.25, 0.3) is 22.3 Å². The summed E-state index contributed by atoms with van der Waals surface area (Å²) in [4.78, 5) is 12.1. The predicted octanol–water partition coefficient (Wildman–Crippen LogP) is 3.45. The van der Waals surface area contributed by atoms with Crippen LogP contribution in [0.4, 0.5) is 8.78 Å². The monoisotopic (exact) mass is 304 g/mol. The van der Waals surface area contributed by atoms with Crippen molar-refractivity contribution in [1.82, 2.24) is 0 Å². The number of phenols is 1. The summed E-state index contributed by atoms with van der Waals surface area (Å²) >= 11 is 0. The van der Waals surface area contributed by atoms with Crippen LogP contribution in [0.3, 0.4) is 0 Å². The van der Waals surface area contributed by atoms with Gasteiger partial charge in [0.1, 0.15) is 5.76 Å². The largest absolute Gasteiger partial charge is 0.504 e. The lowest BCUT2D eigenvalue weighted by Gasteiger charge is -2.08. The van der Waals surface area contributed by atoms with E-state index in [1.807, 2.05) is 0 Å². The maximum absolute atomic E-state index is 13.3. The van der Waals surface area contributed by atoms with Crippen molar-refractivity contribution in [1.29, 1.82) is 0 Å². The minimum absolute atomic E-state index is 0.000895. The van der Waals surface area contributed by atoms with Crippen LogP contribution in [0.5, 0.6) is 11.5 Å². The summed E-state index contributed by atoms with van der Waals surface area (Å²) in [5.41, 5.74) is -0.155. The Morgan fingerprint density at radius 1 is 1.09 bits per heavy atom. The van der Waals surface area contributed by atoms with E-state index in [9.17, 15) is 18.7 Å². The van der Waals surface area contributed by atoms with Gasteiger partial charge in [0.05, 0.1) is 12.5 Å². The molecule has 3 rings (SSSR count). The Hall–Kier alpha value is -2.89. The molecule has 0 unspecified atom stereocenters. The lowest BCUT2D eigenvalue weighted by Crippen LogP contribution is -2.01. The molecule has 22 heavy (non-hydrogen) atoms. The van der Waals surface area contributed by atoms with Gasteiger partial charge in [0.25, 0.3) is 0 Å². The molecule has 0 bridgehead atoms. The topological polar surface area (TPSA) is 59.7 Å². The maximum atomic E-state index is 13.3. The quantitative estimate of drug-likeness (QED) is 0.787. The molecule has 0 aliphatic heterocycles. The van der Waals surface area contributed by atoms with Crippen molar-refractivity contribution in [3.63, 3.8) is 0 Å². The van der Waals surface area contributed by atoms with Crippen LogP contribution >= 0.6 is 0 Å². The predicted molar refractivity (Wildman–Crippen MR) is 76.1 cm³/mol. The fourth-order valence-corrected chi connectivity index (χ4v) is 2.17. The number of phenolic OH excluding ortho intramolecular Hbond substituents is 1. The third-order valence-electron chi connectivity index (χ3n) is 3.24. The third kappa shape index (κ3) is 2.18. The molecule has 2 aromatic carbocycles. The third-order valence-corrected chi connectivity index (χ3v) is 3.24. The van der Waals surface area contributed by atoms with E-state index in [2.05, 4.69) is 0 Å². The summed E-state index contributed by atoms with van der Waals surface area (Å²) in [5, 5.41) is 9.95. The fraction of sp³-hybridized carbons (Fsp3) is 0.0625. The fourth-order valence-electron chi connectivity index (χ4n) is 2.17. The number of ether oxygens (including phenoxy) is 1. The molecule has 0 atom stereocenters. The van der Waals surface area contributed by atoms with Crippen molar-refractivity contribution in [3.05, 3.63) is 58.3 Å². The molecule has 0 saturated carbocycles. The number of rotatable bonds is 2. The van der Waals surface area contributed by atoms with Crippen LogP contribution in [-0.2, 0) is 0 Å². The van der Waals surface area contributed by atoms with Crippen LogP contribution in [0.2, 0.25) is 0 Å². The number of aromatic hydroxyl groups is 1. The van der Waals surface area contributed by atoms with Gasteiger partial charge < -0.3 is 14.3 Å². The van der Waals surface area contributed by atoms with Crippen LogP contribution in [0.15, 0.2) is 45.6 Å². The van der Waals surface area contributed by atoms with Crippen molar-refractivity contribution in [3.8, 4) is 22.8 Å². The first-order chi connectivity index (χ1) is 10.5. The van der Waals surface area contributed by atoms with E-state index >= 15 is 0 Å². The Morgan fingerprint density at radius 2 is 1.86 bits per heavy atom. The molecular formula is C16H10F2O4. The van der Waals surface area contributed by atoms with Gasteiger partial charge in [-0.2, -0.15) is 0 Å². The zero-order valence-corrected chi connectivity index (χ0v) is 11.4. The summed E-state index contributed by atoms with van der Waals surface area (Å²) in [6.45, 7) is 0. The summed E-state index contributed by atoms with van der Waals surface area (Å²) in [6, 6.07) is 7.04. The van der Waals surface area contributed by atoms with E-state index in [-0.39, 0.29) is 39.2 Å². The van der Waals surface area contributed by atoms with Gasteiger partial charge >= 0.3 is 0 Å². The van der Waals surface area contributed by atoms with Gasteiger partial charge in [-0.1, -0.05) is 0 Å². The van der Waals surface area contributed by atoms with Gasteiger partial charge in [0, 0.05) is 11.6 Å². The zero-order chi connectivity index (χ0) is 15.9. The van der Waals surface area contributed by atoms with Crippen molar-refractivity contribution in [2.75, 3.05) is 7.11 Å². The second-order valence-corrected chi connectivity index (χ2v) is 4.60. The molecule has 0 aliphatic carbocycles. The lowest BCUT2D eigenvalue weighted by atomic mass is 10.1. The number of hydrogen-bond donors (Lipinski definition) is 1. The molecule has 0 aliphatic rings. The molecule has 1 aromatic heterocycles.